The van der Waals surface area contributed by atoms with Crippen LogP contribution in [0.3, 0.4) is 0 Å². The molecule has 4 rings (SSSR count). The van der Waals surface area contributed by atoms with Crippen molar-refractivity contribution >= 4 is 58.7 Å². The number of para-hydroxylation sites is 1. The van der Waals surface area contributed by atoms with Crippen molar-refractivity contribution in [3.05, 3.63) is 62.9 Å². The number of allylic oxidation sites excluding steroid dienone is 1. The summed E-state index contributed by atoms with van der Waals surface area (Å²) in [5.41, 5.74) is 4.30. The van der Waals surface area contributed by atoms with Crippen LogP contribution in [0.25, 0.3) is 17.3 Å². The van der Waals surface area contributed by atoms with Crippen LogP contribution < -0.4 is 5.32 Å². The van der Waals surface area contributed by atoms with Crippen LogP contribution in [0.5, 0.6) is 5.88 Å². The molecule has 2 N–H and O–H groups in total. The number of aromatic nitrogens is 1. The lowest BCUT2D eigenvalue weighted by Gasteiger charge is -2.07. The average Bonchev–Trinajstić information content (AvgIpc) is 3.17. The highest BCUT2D eigenvalue weighted by molar-refractivity contribution is 7.73. The Hall–Kier alpha value is -3.03. The van der Waals surface area contributed by atoms with Gasteiger partial charge in [0.2, 0.25) is 11.8 Å². The van der Waals surface area contributed by atoms with E-state index in [0.29, 0.717) is 14.5 Å². The molecule has 5 nitrogen and oxygen atoms in total. The number of hydrogen-bond acceptors (Lipinski definition) is 5. The molecule has 1 aliphatic rings. The van der Waals surface area contributed by atoms with Crippen molar-refractivity contribution in [2.24, 2.45) is 4.99 Å². The Kier molecular flexibility index (Phi) is 4.47. The summed E-state index contributed by atoms with van der Waals surface area (Å²) in [6, 6.07) is 15.0. The molecule has 0 spiro atoms. The number of aliphatic imine (C=N–C) groups is 1. The molecule has 1 aromatic heterocycles. The topological polar surface area (TPSA) is 66.6 Å². The van der Waals surface area contributed by atoms with E-state index >= 15 is 0 Å². The van der Waals surface area contributed by atoms with E-state index in [9.17, 15) is 9.90 Å². The summed E-state index contributed by atoms with van der Waals surface area (Å²) in [7, 11) is 0. The van der Waals surface area contributed by atoms with Gasteiger partial charge in [-0.05, 0) is 48.6 Å². The van der Waals surface area contributed by atoms with E-state index in [-0.39, 0.29) is 11.8 Å². The second-order valence-electron chi connectivity index (χ2n) is 5.99. The van der Waals surface area contributed by atoms with Crippen molar-refractivity contribution in [2.75, 3.05) is 5.32 Å². The van der Waals surface area contributed by atoms with Crippen molar-refractivity contribution in [1.82, 2.24) is 4.57 Å². The first kappa shape index (κ1) is 17.4. The first-order chi connectivity index (χ1) is 13.0. The lowest BCUT2D eigenvalue weighted by molar-refractivity contribution is -0.114. The lowest BCUT2D eigenvalue weighted by Crippen LogP contribution is -2.05. The van der Waals surface area contributed by atoms with Crippen LogP contribution in [-0.2, 0) is 4.79 Å². The summed E-state index contributed by atoms with van der Waals surface area (Å²) in [6.07, 6.45) is 3.69. The van der Waals surface area contributed by atoms with Crippen molar-refractivity contribution in [3.63, 3.8) is 0 Å². The van der Waals surface area contributed by atoms with Gasteiger partial charge in [-0.25, -0.2) is 0 Å². The van der Waals surface area contributed by atoms with Crippen LogP contribution in [0.4, 0.5) is 11.4 Å². The molecule has 3 aromatic rings. The summed E-state index contributed by atoms with van der Waals surface area (Å²) >= 11 is 6.78. The summed E-state index contributed by atoms with van der Waals surface area (Å²) in [4.78, 5) is 16.2. The van der Waals surface area contributed by atoms with Gasteiger partial charge in [-0.2, -0.15) is 0 Å². The number of benzene rings is 2. The van der Waals surface area contributed by atoms with Crippen LogP contribution >= 0.6 is 23.6 Å². The first-order valence-electron chi connectivity index (χ1n) is 8.21. The van der Waals surface area contributed by atoms with E-state index < -0.39 is 0 Å². The third kappa shape index (κ3) is 3.34. The maximum absolute atomic E-state index is 11.1. The van der Waals surface area contributed by atoms with E-state index in [4.69, 9.17) is 12.2 Å². The molecule has 1 aliphatic heterocycles. The summed E-state index contributed by atoms with van der Waals surface area (Å²) in [5.74, 6) is -0.0484. The third-order valence-corrected chi connectivity index (χ3v) is 5.41. The number of aromatic hydroxyl groups is 1. The molecule has 0 saturated carbocycles. The van der Waals surface area contributed by atoms with Gasteiger partial charge in [-0.3, -0.25) is 14.4 Å². The fourth-order valence-corrected chi connectivity index (χ4v) is 4.20. The number of nitrogens with zero attached hydrogens (tertiary/aromatic N) is 2. The molecule has 7 heteroatoms. The van der Waals surface area contributed by atoms with Crippen LogP contribution in [0.1, 0.15) is 17.4 Å². The highest BCUT2D eigenvalue weighted by Gasteiger charge is 2.16. The van der Waals surface area contributed by atoms with E-state index in [1.807, 2.05) is 30.3 Å². The zero-order chi connectivity index (χ0) is 19.0. The maximum atomic E-state index is 11.1. The number of nitrogens with one attached hydrogen (secondary N) is 1. The molecule has 0 unspecified atom stereocenters. The number of thiazole rings is 1. The van der Waals surface area contributed by atoms with E-state index in [1.165, 1.54) is 18.3 Å². The molecule has 2 aromatic carbocycles. The number of hydrogen-bond donors (Lipinski definition) is 2. The molecular formula is C20H15N3O2S2. The Morgan fingerprint density at radius 1 is 1.22 bits per heavy atom. The molecule has 2 heterocycles. The minimum absolute atomic E-state index is 0.0857. The van der Waals surface area contributed by atoms with Gasteiger partial charge in [0, 0.05) is 30.0 Å². The van der Waals surface area contributed by atoms with Crippen molar-refractivity contribution < 1.29 is 9.90 Å². The zero-order valence-corrected chi connectivity index (χ0v) is 16.0. The molecule has 27 heavy (non-hydrogen) atoms. The lowest BCUT2D eigenvalue weighted by atomic mass is 10.1. The second-order valence-corrected chi connectivity index (χ2v) is 7.67. The number of rotatable bonds is 3. The number of carbonyl (C=O) groups excluding carboxylic acids is 1. The van der Waals surface area contributed by atoms with Gasteiger partial charge in [-0.1, -0.05) is 18.2 Å². The molecule has 0 fully saturated rings. The molecule has 1 amide bonds. The number of fused-ring (bicyclic) bond motifs is 1. The monoisotopic (exact) mass is 393 g/mol. The summed E-state index contributed by atoms with van der Waals surface area (Å²) < 4.78 is 2.15. The molecule has 134 valence electrons. The normalized spacial score (nSPS) is 13.7. The molecule has 0 bridgehead atoms. The van der Waals surface area contributed by atoms with Crippen LogP contribution in [-0.4, -0.2) is 21.8 Å². The second kappa shape index (κ2) is 6.94. The van der Waals surface area contributed by atoms with Gasteiger partial charge in [0.05, 0.1) is 16.3 Å². The quantitative estimate of drug-likeness (QED) is 0.602. The Balaban J connectivity index is 1.71. The van der Waals surface area contributed by atoms with Crippen LogP contribution in [0, 0.1) is 3.95 Å². The van der Waals surface area contributed by atoms with E-state index in [1.54, 1.807) is 35.0 Å². The highest BCUT2D eigenvalue weighted by atomic mass is 32.1. The molecule has 0 radical (unpaired) electrons. The van der Waals surface area contributed by atoms with Crippen molar-refractivity contribution in [3.8, 4) is 11.6 Å². The van der Waals surface area contributed by atoms with Gasteiger partial charge >= 0.3 is 0 Å². The molecule has 0 saturated heterocycles. The minimum Gasteiger partial charge on any atom is -0.493 e. The van der Waals surface area contributed by atoms with Gasteiger partial charge < -0.3 is 10.4 Å². The smallest absolute Gasteiger partial charge is 0.221 e. The van der Waals surface area contributed by atoms with Gasteiger partial charge in [0.1, 0.15) is 0 Å². The molecule has 0 atom stereocenters. The average molecular weight is 393 g/mol. The largest absolute Gasteiger partial charge is 0.493 e. The predicted octanol–water partition coefficient (Wildman–Crippen LogP) is 5.19. The van der Waals surface area contributed by atoms with Gasteiger partial charge in [-0.15, -0.1) is 11.3 Å². The molecule has 0 aliphatic carbocycles. The number of carbonyl (C=O) groups is 1. The Morgan fingerprint density at radius 3 is 2.70 bits per heavy atom. The third-order valence-electron chi connectivity index (χ3n) is 4.10. The van der Waals surface area contributed by atoms with Gasteiger partial charge in [0.15, 0.2) is 3.95 Å². The fraction of sp³-hybridized carbons (Fsp3) is 0.0500. The predicted molar refractivity (Wildman–Crippen MR) is 113 cm³/mol. The van der Waals surface area contributed by atoms with Gasteiger partial charge in [0.25, 0.3) is 0 Å². The number of amides is 1. The Labute approximate surface area is 165 Å². The zero-order valence-electron chi connectivity index (χ0n) is 14.3. The standard InChI is InChI=1S/C20H15N3O2S2/c1-12(24)22-14-6-8-15(9-7-14)23-19(25)18(27-20(23)26)10-13-11-21-17-5-3-2-4-16(13)17/h2-11,25H,1H3,(H,22,24)/b13-10+. The summed E-state index contributed by atoms with van der Waals surface area (Å²) in [6.45, 7) is 1.46. The molecular weight excluding hydrogens is 378 g/mol. The minimum atomic E-state index is -0.134. The highest BCUT2D eigenvalue weighted by Crippen LogP contribution is 2.36. The van der Waals surface area contributed by atoms with Crippen LogP contribution in [0.2, 0.25) is 0 Å². The van der Waals surface area contributed by atoms with Crippen molar-refractivity contribution in [2.45, 2.75) is 6.92 Å². The fourth-order valence-electron chi connectivity index (χ4n) is 2.90. The summed E-state index contributed by atoms with van der Waals surface area (Å²) in [5, 5.41) is 13.5. The van der Waals surface area contributed by atoms with E-state index in [0.717, 1.165) is 22.5 Å². The number of anilines is 1. The van der Waals surface area contributed by atoms with E-state index in [2.05, 4.69) is 10.3 Å². The maximum Gasteiger partial charge on any atom is 0.221 e. The Morgan fingerprint density at radius 2 is 1.96 bits per heavy atom. The van der Waals surface area contributed by atoms with Crippen LogP contribution in [0.15, 0.2) is 53.5 Å². The SMILES string of the molecule is CC(=O)Nc1ccc(-n2c(O)c(/C=C3\C=Nc4ccccc43)sc2=S)cc1. The first-order valence-corrected chi connectivity index (χ1v) is 9.43. The Bertz CT molecular complexity index is 1150. The van der Waals surface area contributed by atoms with Crippen molar-refractivity contribution in [1.29, 1.82) is 0 Å².